The minimum Gasteiger partial charge on any atom is -0.354 e. The predicted octanol–water partition coefficient (Wildman–Crippen LogP) is 2.70. The van der Waals surface area contributed by atoms with Gasteiger partial charge in [0.25, 0.3) is 5.91 Å². The Balaban J connectivity index is 2.01. The molecule has 0 aliphatic rings. The molecule has 2 aromatic rings. The molecule has 7 heteroatoms. The number of nitrogens with zero attached hydrogens (tertiary/aromatic N) is 2. The van der Waals surface area contributed by atoms with E-state index in [1.165, 1.54) is 0 Å². The summed E-state index contributed by atoms with van der Waals surface area (Å²) in [6.45, 7) is 8.60. The third-order valence-corrected chi connectivity index (χ3v) is 4.49. The Hall–Kier alpha value is -2.34. The van der Waals surface area contributed by atoms with Gasteiger partial charge in [0.05, 0.1) is 17.8 Å². The maximum Gasteiger partial charge on any atom is 0.255 e. The van der Waals surface area contributed by atoms with Gasteiger partial charge in [0, 0.05) is 29.7 Å². The van der Waals surface area contributed by atoms with Crippen LogP contribution in [-0.4, -0.2) is 34.7 Å². The number of halogens is 1. The van der Waals surface area contributed by atoms with Crippen molar-refractivity contribution in [1.29, 1.82) is 0 Å². The van der Waals surface area contributed by atoms with Crippen LogP contribution in [0.2, 0.25) is 5.02 Å². The molecule has 1 aromatic heterocycles. The molecule has 0 spiro atoms. The Kier molecular flexibility index (Phi) is 6.80. The number of carbonyl (C=O) groups is 2. The number of rotatable bonds is 7. The van der Waals surface area contributed by atoms with Crippen LogP contribution in [0.5, 0.6) is 0 Å². The number of carbonyl (C=O) groups excluding carboxylic acids is 2. The second-order valence-corrected chi connectivity index (χ2v) is 6.90. The average molecular weight is 377 g/mol. The van der Waals surface area contributed by atoms with E-state index >= 15 is 0 Å². The summed E-state index contributed by atoms with van der Waals surface area (Å²) in [6, 6.07) is 7.58. The molecule has 2 rings (SSSR count). The van der Waals surface area contributed by atoms with Crippen LogP contribution in [0.3, 0.4) is 0 Å². The lowest BCUT2D eigenvalue weighted by Gasteiger charge is -2.09. The van der Waals surface area contributed by atoms with E-state index < -0.39 is 0 Å². The van der Waals surface area contributed by atoms with Gasteiger partial charge in [0.1, 0.15) is 0 Å². The van der Waals surface area contributed by atoms with Crippen LogP contribution in [0.4, 0.5) is 0 Å². The zero-order chi connectivity index (χ0) is 19.3. The molecule has 0 aliphatic heterocycles. The quantitative estimate of drug-likeness (QED) is 0.729. The van der Waals surface area contributed by atoms with Crippen LogP contribution in [0.25, 0.3) is 0 Å². The highest BCUT2D eigenvalue weighted by Gasteiger charge is 2.19. The molecular weight excluding hydrogens is 352 g/mol. The second-order valence-electron chi connectivity index (χ2n) is 6.50. The molecule has 26 heavy (non-hydrogen) atoms. The van der Waals surface area contributed by atoms with Crippen LogP contribution in [-0.2, 0) is 11.3 Å². The van der Waals surface area contributed by atoms with Gasteiger partial charge in [-0.1, -0.05) is 43.6 Å². The highest BCUT2D eigenvalue weighted by Crippen LogP contribution is 2.19. The molecule has 2 N–H and O–H groups in total. The first-order chi connectivity index (χ1) is 12.3. The molecule has 0 atom stereocenters. The van der Waals surface area contributed by atoms with Crippen LogP contribution in [0.15, 0.2) is 24.3 Å². The van der Waals surface area contributed by atoms with Crippen molar-refractivity contribution in [3.63, 3.8) is 0 Å². The Bertz CT molecular complexity index is 799. The molecule has 0 fully saturated rings. The lowest BCUT2D eigenvalue weighted by Crippen LogP contribution is -2.36. The van der Waals surface area contributed by atoms with E-state index in [0.29, 0.717) is 35.9 Å². The number of benzene rings is 1. The van der Waals surface area contributed by atoms with Crippen LogP contribution >= 0.6 is 11.6 Å². The molecule has 0 unspecified atom stereocenters. The van der Waals surface area contributed by atoms with Gasteiger partial charge in [-0.2, -0.15) is 5.10 Å². The maximum absolute atomic E-state index is 12.5. The number of hydrogen-bond acceptors (Lipinski definition) is 3. The van der Waals surface area contributed by atoms with E-state index in [2.05, 4.69) is 15.7 Å². The van der Waals surface area contributed by atoms with Gasteiger partial charge in [-0.05, 0) is 25.5 Å². The molecular formula is C19H25ClN4O2. The minimum atomic E-state index is -0.191. The number of amides is 2. The first kappa shape index (κ1) is 20.0. The summed E-state index contributed by atoms with van der Waals surface area (Å²) >= 11 is 6.21. The second kappa shape index (κ2) is 8.85. The molecule has 6 nitrogen and oxygen atoms in total. The first-order valence-electron chi connectivity index (χ1n) is 8.64. The lowest BCUT2D eigenvalue weighted by atomic mass is 10.1. The Morgan fingerprint density at radius 3 is 2.46 bits per heavy atom. The molecule has 0 saturated carbocycles. The molecule has 140 valence electrons. The largest absolute Gasteiger partial charge is 0.354 e. The highest BCUT2D eigenvalue weighted by atomic mass is 35.5. The van der Waals surface area contributed by atoms with E-state index in [9.17, 15) is 9.59 Å². The molecule has 0 bridgehead atoms. The maximum atomic E-state index is 12.5. The monoisotopic (exact) mass is 376 g/mol. The van der Waals surface area contributed by atoms with Crippen LogP contribution in [0.1, 0.15) is 41.2 Å². The Labute approximate surface area is 158 Å². The molecule has 2 amide bonds. The zero-order valence-electron chi connectivity index (χ0n) is 15.6. The van der Waals surface area contributed by atoms with Crippen molar-refractivity contribution in [2.24, 2.45) is 5.92 Å². The van der Waals surface area contributed by atoms with E-state index in [0.717, 1.165) is 11.3 Å². The average Bonchev–Trinajstić information content (AvgIpc) is 2.87. The van der Waals surface area contributed by atoms with Crippen molar-refractivity contribution in [3.05, 3.63) is 51.8 Å². The van der Waals surface area contributed by atoms with Gasteiger partial charge in [-0.3, -0.25) is 14.3 Å². The fraction of sp³-hybridized carbons (Fsp3) is 0.421. The molecule has 1 aromatic carbocycles. The Morgan fingerprint density at radius 1 is 1.15 bits per heavy atom. The molecule has 0 radical (unpaired) electrons. The van der Waals surface area contributed by atoms with Crippen LogP contribution < -0.4 is 10.6 Å². The fourth-order valence-corrected chi connectivity index (χ4v) is 2.82. The predicted molar refractivity (Wildman–Crippen MR) is 102 cm³/mol. The summed E-state index contributed by atoms with van der Waals surface area (Å²) in [7, 11) is 0. The third-order valence-electron chi connectivity index (χ3n) is 4.12. The summed E-state index contributed by atoms with van der Waals surface area (Å²) in [4.78, 5) is 24.0. The van der Waals surface area contributed by atoms with Gasteiger partial charge >= 0.3 is 0 Å². The summed E-state index contributed by atoms with van der Waals surface area (Å²) < 4.78 is 1.78. The van der Waals surface area contributed by atoms with E-state index in [1.807, 2.05) is 52.0 Å². The van der Waals surface area contributed by atoms with Crippen molar-refractivity contribution in [2.75, 3.05) is 13.1 Å². The van der Waals surface area contributed by atoms with E-state index in [-0.39, 0.29) is 17.7 Å². The third kappa shape index (κ3) is 4.85. The number of nitrogens with one attached hydrogen (secondary N) is 2. The first-order valence-corrected chi connectivity index (χ1v) is 9.02. The summed E-state index contributed by atoms with van der Waals surface area (Å²) in [5, 5.41) is 10.8. The summed E-state index contributed by atoms with van der Waals surface area (Å²) in [6.07, 6.45) is 0. The fourth-order valence-electron chi connectivity index (χ4n) is 2.62. The topological polar surface area (TPSA) is 76.0 Å². The Morgan fingerprint density at radius 2 is 1.81 bits per heavy atom. The van der Waals surface area contributed by atoms with Gasteiger partial charge in [0.2, 0.25) is 5.91 Å². The highest BCUT2D eigenvalue weighted by molar-refractivity contribution is 6.31. The molecule has 0 saturated heterocycles. The van der Waals surface area contributed by atoms with Gasteiger partial charge in [0.15, 0.2) is 0 Å². The van der Waals surface area contributed by atoms with Crippen molar-refractivity contribution in [2.45, 2.75) is 34.2 Å². The smallest absolute Gasteiger partial charge is 0.255 e. The number of aryl methyl sites for hydroxylation is 1. The van der Waals surface area contributed by atoms with Gasteiger partial charge in [-0.25, -0.2) is 0 Å². The lowest BCUT2D eigenvalue weighted by molar-refractivity contribution is -0.123. The number of hydrogen-bond donors (Lipinski definition) is 2. The zero-order valence-corrected chi connectivity index (χ0v) is 16.4. The number of aromatic nitrogens is 2. The van der Waals surface area contributed by atoms with Gasteiger partial charge in [-0.15, -0.1) is 0 Å². The molecule has 1 heterocycles. The SMILES string of the molecule is Cc1nn(Cc2ccccc2Cl)c(C)c1C(=O)NCCNC(=O)C(C)C. The normalized spacial score (nSPS) is 10.8. The van der Waals surface area contributed by atoms with Crippen molar-refractivity contribution >= 4 is 23.4 Å². The van der Waals surface area contributed by atoms with Crippen molar-refractivity contribution in [1.82, 2.24) is 20.4 Å². The van der Waals surface area contributed by atoms with Crippen molar-refractivity contribution in [3.8, 4) is 0 Å². The summed E-state index contributed by atoms with van der Waals surface area (Å²) in [5.41, 5.74) is 2.96. The molecule has 0 aliphatic carbocycles. The van der Waals surface area contributed by atoms with Gasteiger partial charge < -0.3 is 10.6 Å². The summed E-state index contributed by atoms with van der Waals surface area (Å²) in [5.74, 6) is -0.290. The minimum absolute atomic E-state index is 0.0285. The standard InChI is InChI=1S/C19H25ClN4O2/c1-12(2)18(25)21-9-10-22-19(26)17-13(3)23-24(14(17)4)11-15-7-5-6-8-16(15)20/h5-8,12H,9-11H2,1-4H3,(H,21,25)(H,22,26). The van der Waals surface area contributed by atoms with E-state index in [1.54, 1.807) is 4.68 Å². The van der Waals surface area contributed by atoms with Crippen LogP contribution in [0, 0.1) is 19.8 Å². The van der Waals surface area contributed by atoms with E-state index in [4.69, 9.17) is 11.6 Å². The van der Waals surface area contributed by atoms with Crippen molar-refractivity contribution < 1.29 is 9.59 Å².